The topological polar surface area (TPSA) is 74.2 Å². The summed E-state index contributed by atoms with van der Waals surface area (Å²) < 4.78 is 0. The third-order valence-electron chi connectivity index (χ3n) is 3.34. The third-order valence-corrected chi connectivity index (χ3v) is 3.34. The molecule has 2 aromatic rings. The van der Waals surface area contributed by atoms with Crippen molar-refractivity contribution in [2.75, 3.05) is 30.3 Å². The number of nitrogens with zero attached hydrogens (tertiary/aromatic N) is 1. The molecule has 0 radical (unpaired) electrons. The number of carbonyl (C=O) groups is 1. The lowest BCUT2D eigenvalue weighted by Gasteiger charge is -2.23. The van der Waals surface area contributed by atoms with Gasteiger partial charge in [0.15, 0.2) is 0 Å². The third kappa shape index (κ3) is 4.27. The number of para-hydroxylation sites is 1. The minimum Gasteiger partial charge on any atom is -0.397 e. The lowest BCUT2D eigenvalue weighted by molar-refractivity contribution is 0.0949. The minimum atomic E-state index is -0.116. The maximum absolute atomic E-state index is 11.8. The molecule has 1 aromatic heterocycles. The Morgan fingerprint density at radius 1 is 1.33 bits per heavy atom. The van der Waals surface area contributed by atoms with Gasteiger partial charge in [0.2, 0.25) is 0 Å². The second-order valence-electron chi connectivity index (χ2n) is 4.87. The molecule has 0 unspecified atom stereocenters. The van der Waals surface area contributed by atoms with Gasteiger partial charge in [-0.25, -0.2) is 0 Å². The van der Waals surface area contributed by atoms with E-state index in [1.54, 1.807) is 12.3 Å². The Morgan fingerprint density at radius 2 is 2.10 bits per heavy atom. The van der Waals surface area contributed by atoms with E-state index < -0.39 is 0 Å². The van der Waals surface area contributed by atoms with E-state index in [-0.39, 0.29) is 5.91 Å². The van der Waals surface area contributed by atoms with E-state index in [4.69, 9.17) is 5.73 Å². The van der Waals surface area contributed by atoms with Crippen molar-refractivity contribution in [3.63, 3.8) is 0 Å². The number of aromatic amines is 1. The minimum absolute atomic E-state index is 0.116. The number of aromatic nitrogens is 1. The number of carbonyl (C=O) groups excluding carboxylic acids is 1. The summed E-state index contributed by atoms with van der Waals surface area (Å²) in [5.41, 5.74) is 7.86. The molecular weight excluding hydrogens is 264 g/mol. The van der Waals surface area contributed by atoms with E-state index in [9.17, 15) is 4.79 Å². The van der Waals surface area contributed by atoms with Crippen molar-refractivity contribution in [1.29, 1.82) is 0 Å². The van der Waals surface area contributed by atoms with Crippen LogP contribution in [0.2, 0.25) is 0 Å². The summed E-state index contributed by atoms with van der Waals surface area (Å²) in [6, 6.07) is 11.9. The van der Waals surface area contributed by atoms with Gasteiger partial charge in [0.05, 0.1) is 0 Å². The van der Waals surface area contributed by atoms with Crippen molar-refractivity contribution in [1.82, 2.24) is 10.3 Å². The predicted octanol–water partition coefficient (Wildman–Crippen LogP) is 2.24. The molecule has 0 saturated carbocycles. The second kappa shape index (κ2) is 7.38. The molecular formula is C16H22N4O. The summed E-state index contributed by atoms with van der Waals surface area (Å²) in [6.45, 7) is 4.63. The lowest BCUT2D eigenvalue weighted by atomic mass is 10.2. The first-order chi connectivity index (χ1) is 10.2. The van der Waals surface area contributed by atoms with E-state index in [2.05, 4.69) is 34.3 Å². The van der Waals surface area contributed by atoms with Crippen LogP contribution in [0.1, 0.15) is 23.8 Å². The molecule has 0 saturated heterocycles. The van der Waals surface area contributed by atoms with Crippen LogP contribution in [-0.4, -0.2) is 30.5 Å². The molecule has 0 aliphatic carbocycles. The molecule has 1 amide bonds. The van der Waals surface area contributed by atoms with Crippen molar-refractivity contribution in [3.05, 3.63) is 48.3 Å². The van der Waals surface area contributed by atoms with Gasteiger partial charge in [0.1, 0.15) is 5.69 Å². The Bertz CT molecular complexity index is 565. The Hall–Kier alpha value is -2.43. The predicted molar refractivity (Wildman–Crippen MR) is 86.5 cm³/mol. The number of rotatable bonds is 7. The normalized spacial score (nSPS) is 10.3. The number of anilines is 2. The van der Waals surface area contributed by atoms with Crippen molar-refractivity contribution in [3.8, 4) is 0 Å². The first-order valence-electron chi connectivity index (χ1n) is 7.22. The van der Waals surface area contributed by atoms with Crippen LogP contribution < -0.4 is 16.0 Å². The second-order valence-corrected chi connectivity index (χ2v) is 4.87. The zero-order valence-electron chi connectivity index (χ0n) is 12.3. The Balaban J connectivity index is 1.75. The quantitative estimate of drug-likeness (QED) is 0.683. The molecule has 0 aliphatic heterocycles. The SMILES string of the molecule is CCN(CCCNC(=O)c1cc(N)c[nH]1)c1ccccc1. The number of hydrogen-bond donors (Lipinski definition) is 3. The number of nitrogens with two attached hydrogens (primary N) is 1. The van der Waals surface area contributed by atoms with Gasteiger partial charge in [0, 0.05) is 37.2 Å². The van der Waals surface area contributed by atoms with E-state index in [0.29, 0.717) is 17.9 Å². The van der Waals surface area contributed by atoms with E-state index in [0.717, 1.165) is 19.5 Å². The number of hydrogen-bond acceptors (Lipinski definition) is 3. The molecule has 112 valence electrons. The molecule has 5 nitrogen and oxygen atoms in total. The Kier molecular flexibility index (Phi) is 5.26. The lowest BCUT2D eigenvalue weighted by Crippen LogP contribution is -2.30. The highest BCUT2D eigenvalue weighted by molar-refractivity contribution is 5.93. The van der Waals surface area contributed by atoms with Crippen molar-refractivity contribution in [2.45, 2.75) is 13.3 Å². The largest absolute Gasteiger partial charge is 0.397 e. The summed E-state index contributed by atoms with van der Waals surface area (Å²) in [5.74, 6) is -0.116. The maximum Gasteiger partial charge on any atom is 0.267 e. The van der Waals surface area contributed by atoms with Crippen LogP contribution in [0.15, 0.2) is 42.6 Å². The van der Waals surface area contributed by atoms with Gasteiger partial charge < -0.3 is 20.9 Å². The van der Waals surface area contributed by atoms with Crippen molar-refractivity contribution < 1.29 is 4.79 Å². The van der Waals surface area contributed by atoms with Crippen LogP contribution in [0.3, 0.4) is 0 Å². The van der Waals surface area contributed by atoms with Crippen LogP contribution in [0.5, 0.6) is 0 Å². The number of nitrogens with one attached hydrogen (secondary N) is 2. The van der Waals surface area contributed by atoms with Crippen molar-refractivity contribution in [2.24, 2.45) is 0 Å². The maximum atomic E-state index is 11.8. The van der Waals surface area contributed by atoms with Gasteiger partial charge in [0.25, 0.3) is 5.91 Å². The number of H-pyrrole nitrogens is 1. The highest BCUT2D eigenvalue weighted by Gasteiger charge is 2.07. The first-order valence-corrected chi connectivity index (χ1v) is 7.22. The van der Waals surface area contributed by atoms with Crippen LogP contribution in [0.25, 0.3) is 0 Å². The van der Waals surface area contributed by atoms with Gasteiger partial charge in [-0.3, -0.25) is 4.79 Å². The van der Waals surface area contributed by atoms with Gasteiger partial charge in [-0.05, 0) is 31.5 Å². The molecule has 0 spiro atoms. The monoisotopic (exact) mass is 286 g/mol. The summed E-state index contributed by atoms with van der Waals surface area (Å²) in [7, 11) is 0. The molecule has 21 heavy (non-hydrogen) atoms. The molecule has 0 aliphatic rings. The molecule has 2 rings (SSSR count). The molecule has 0 fully saturated rings. The fraction of sp³-hybridized carbons (Fsp3) is 0.312. The average Bonchev–Trinajstić information content (AvgIpc) is 2.95. The van der Waals surface area contributed by atoms with Crippen LogP contribution >= 0.6 is 0 Å². The summed E-state index contributed by atoms with van der Waals surface area (Å²) >= 11 is 0. The molecule has 1 heterocycles. The van der Waals surface area contributed by atoms with Gasteiger partial charge >= 0.3 is 0 Å². The molecule has 0 bridgehead atoms. The highest BCUT2D eigenvalue weighted by atomic mass is 16.1. The van der Waals surface area contributed by atoms with E-state index >= 15 is 0 Å². The number of benzene rings is 1. The summed E-state index contributed by atoms with van der Waals surface area (Å²) in [5, 5.41) is 2.89. The smallest absolute Gasteiger partial charge is 0.267 e. The standard InChI is InChI=1S/C16H22N4O/c1-2-20(14-7-4-3-5-8-14)10-6-9-18-16(21)15-11-13(17)12-19-15/h3-5,7-8,11-12,19H,2,6,9-10,17H2,1H3,(H,18,21). The number of amides is 1. The van der Waals surface area contributed by atoms with E-state index in [1.165, 1.54) is 5.69 Å². The first kappa shape index (κ1) is 15.0. The Morgan fingerprint density at radius 3 is 2.71 bits per heavy atom. The van der Waals surface area contributed by atoms with E-state index in [1.807, 2.05) is 18.2 Å². The zero-order chi connectivity index (χ0) is 15.1. The molecule has 4 N–H and O–H groups in total. The summed E-state index contributed by atoms with van der Waals surface area (Å²) in [4.78, 5) is 17.0. The van der Waals surface area contributed by atoms with Crippen LogP contribution in [0, 0.1) is 0 Å². The van der Waals surface area contributed by atoms with Crippen LogP contribution in [0.4, 0.5) is 11.4 Å². The highest BCUT2D eigenvalue weighted by Crippen LogP contribution is 2.12. The average molecular weight is 286 g/mol. The van der Waals surface area contributed by atoms with Gasteiger partial charge in [-0.15, -0.1) is 0 Å². The molecule has 5 heteroatoms. The van der Waals surface area contributed by atoms with Gasteiger partial charge in [-0.2, -0.15) is 0 Å². The Labute approximate surface area is 125 Å². The van der Waals surface area contributed by atoms with Gasteiger partial charge in [-0.1, -0.05) is 18.2 Å². The fourth-order valence-electron chi connectivity index (χ4n) is 2.22. The number of nitrogen functional groups attached to an aromatic ring is 1. The fourth-order valence-corrected chi connectivity index (χ4v) is 2.22. The molecule has 1 aromatic carbocycles. The molecule has 0 atom stereocenters. The van der Waals surface area contributed by atoms with Crippen LogP contribution in [-0.2, 0) is 0 Å². The van der Waals surface area contributed by atoms with Crippen molar-refractivity contribution >= 4 is 17.3 Å². The zero-order valence-corrected chi connectivity index (χ0v) is 12.3. The summed E-state index contributed by atoms with van der Waals surface area (Å²) in [6.07, 6.45) is 2.51.